The number of amides is 1. The molecule has 20 heavy (non-hydrogen) atoms. The molecule has 0 spiro atoms. The number of aromatic nitrogens is 4. The van der Waals surface area contributed by atoms with Gasteiger partial charge in [-0.05, 0) is 25.8 Å². The molecule has 2 aromatic rings. The summed E-state index contributed by atoms with van der Waals surface area (Å²) in [5, 5.41) is 10.8. The molecule has 2 aromatic heterocycles. The molecule has 1 saturated carbocycles. The average molecular weight is 274 g/mol. The Morgan fingerprint density at radius 1 is 1.55 bits per heavy atom. The van der Waals surface area contributed by atoms with Crippen LogP contribution in [0.2, 0.25) is 0 Å². The normalized spacial score (nSPS) is 16.1. The Kier molecular flexibility index (Phi) is 2.96. The highest BCUT2D eigenvalue weighted by Crippen LogP contribution is 2.37. The number of nitrogens with two attached hydrogens (primary N) is 1. The average Bonchev–Trinajstić information content (AvgIpc) is 3.04. The van der Waals surface area contributed by atoms with Crippen LogP contribution in [0.25, 0.3) is 0 Å². The van der Waals surface area contributed by atoms with E-state index in [0.29, 0.717) is 17.4 Å². The van der Waals surface area contributed by atoms with E-state index < -0.39 is 0 Å². The molecule has 7 nitrogen and oxygen atoms in total. The van der Waals surface area contributed by atoms with Crippen LogP contribution in [0.15, 0.2) is 18.6 Å². The molecule has 0 aromatic carbocycles. The van der Waals surface area contributed by atoms with E-state index in [2.05, 4.69) is 15.5 Å². The summed E-state index contributed by atoms with van der Waals surface area (Å²) in [6.45, 7) is 1.88. The first-order valence-electron chi connectivity index (χ1n) is 6.68. The third-order valence-corrected chi connectivity index (χ3v) is 3.52. The van der Waals surface area contributed by atoms with Gasteiger partial charge in [0.15, 0.2) is 5.82 Å². The second-order valence-electron chi connectivity index (χ2n) is 5.29. The maximum absolute atomic E-state index is 12.4. The van der Waals surface area contributed by atoms with E-state index in [1.165, 1.54) is 0 Å². The summed E-state index contributed by atoms with van der Waals surface area (Å²) in [6, 6.07) is 1.92. The van der Waals surface area contributed by atoms with Crippen LogP contribution in [0.5, 0.6) is 0 Å². The molecule has 0 saturated heterocycles. The minimum absolute atomic E-state index is 0.135. The zero-order valence-corrected chi connectivity index (χ0v) is 11.6. The molecule has 0 radical (unpaired) electrons. The number of nitrogens with zero attached hydrogens (tertiary/aromatic N) is 4. The van der Waals surface area contributed by atoms with Gasteiger partial charge in [-0.3, -0.25) is 4.79 Å². The lowest BCUT2D eigenvalue weighted by Gasteiger charge is -2.14. The van der Waals surface area contributed by atoms with Gasteiger partial charge >= 0.3 is 0 Å². The van der Waals surface area contributed by atoms with Crippen LogP contribution in [0.4, 0.5) is 5.69 Å². The number of carbonyl (C=O) groups is 1. The van der Waals surface area contributed by atoms with E-state index in [0.717, 1.165) is 18.7 Å². The predicted octanol–water partition coefficient (Wildman–Crippen LogP) is 1.02. The van der Waals surface area contributed by atoms with Gasteiger partial charge in [-0.2, -0.15) is 0 Å². The van der Waals surface area contributed by atoms with E-state index in [4.69, 9.17) is 5.73 Å². The molecule has 106 valence electrons. The number of nitrogen functional groups attached to an aromatic ring is 1. The van der Waals surface area contributed by atoms with Gasteiger partial charge in [0.05, 0.1) is 11.7 Å². The number of rotatable bonds is 4. The fraction of sp³-hybridized carbons (Fsp3) is 0.462. The Bertz CT molecular complexity index is 639. The van der Waals surface area contributed by atoms with Crippen LogP contribution in [-0.4, -0.2) is 25.2 Å². The summed E-state index contributed by atoms with van der Waals surface area (Å²) in [5.41, 5.74) is 7.03. The summed E-state index contributed by atoms with van der Waals surface area (Å²) in [7, 11) is 1.85. The summed E-state index contributed by atoms with van der Waals surface area (Å²) in [6.07, 6.45) is 5.66. The number of carbonyl (C=O) groups excluding carboxylic acids is 1. The van der Waals surface area contributed by atoms with Crippen LogP contribution < -0.4 is 11.1 Å². The van der Waals surface area contributed by atoms with E-state index in [1.54, 1.807) is 17.0 Å². The van der Waals surface area contributed by atoms with Crippen molar-refractivity contribution in [3.8, 4) is 0 Å². The molecule has 3 rings (SSSR count). The van der Waals surface area contributed by atoms with Crippen LogP contribution in [0.1, 0.15) is 48.2 Å². The van der Waals surface area contributed by atoms with Crippen molar-refractivity contribution in [2.75, 3.05) is 5.73 Å². The first kappa shape index (κ1) is 12.7. The monoisotopic (exact) mass is 274 g/mol. The second kappa shape index (κ2) is 4.66. The molecule has 3 N–H and O–H groups in total. The largest absolute Gasteiger partial charge is 0.397 e. The van der Waals surface area contributed by atoms with Gasteiger partial charge < -0.3 is 20.2 Å². The summed E-state index contributed by atoms with van der Waals surface area (Å²) >= 11 is 0. The molecule has 1 aliphatic rings. The van der Waals surface area contributed by atoms with Crippen molar-refractivity contribution >= 4 is 11.6 Å². The first-order chi connectivity index (χ1) is 9.56. The van der Waals surface area contributed by atoms with Crippen molar-refractivity contribution in [2.24, 2.45) is 7.05 Å². The van der Waals surface area contributed by atoms with Gasteiger partial charge in [-0.15, -0.1) is 10.2 Å². The number of nitrogens with one attached hydrogen (secondary N) is 1. The molecule has 0 aliphatic heterocycles. The van der Waals surface area contributed by atoms with Crippen LogP contribution >= 0.6 is 0 Å². The minimum Gasteiger partial charge on any atom is -0.397 e. The molecule has 1 atom stereocenters. The van der Waals surface area contributed by atoms with Crippen molar-refractivity contribution in [1.82, 2.24) is 24.6 Å². The van der Waals surface area contributed by atoms with Gasteiger partial charge in [0.25, 0.3) is 5.91 Å². The highest BCUT2D eigenvalue weighted by atomic mass is 16.2. The highest BCUT2D eigenvalue weighted by Gasteiger charge is 2.28. The quantitative estimate of drug-likeness (QED) is 0.871. The van der Waals surface area contributed by atoms with Crippen molar-refractivity contribution < 1.29 is 4.79 Å². The van der Waals surface area contributed by atoms with E-state index in [1.807, 2.05) is 24.7 Å². The summed E-state index contributed by atoms with van der Waals surface area (Å²) in [5.74, 6) is 0.583. The molecular formula is C13H18N6O. The lowest BCUT2D eigenvalue weighted by atomic mass is 10.3. The minimum atomic E-state index is -0.209. The Labute approximate surface area is 116 Å². The molecule has 2 heterocycles. The van der Waals surface area contributed by atoms with E-state index >= 15 is 0 Å². The van der Waals surface area contributed by atoms with Gasteiger partial charge in [0.2, 0.25) is 0 Å². The standard InChI is InChI=1S/C13H18N6O/c1-8(12-17-15-7-18(12)2)16-13(20)11-5-9(14)6-19(11)10-3-4-10/h5-8,10H,3-4,14H2,1-2H3,(H,16,20). The summed E-state index contributed by atoms with van der Waals surface area (Å²) in [4.78, 5) is 12.4. The molecule has 1 aliphatic carbocycles. The SMILES string of the molecule is CC(NC(=O)c1cc(N)cn1C1CC1)c1nncn1C. The number of hydrogen-bond acceptors (Lipinski definition) is 4. The number of anilines is 1. The van der Waals surface area contributed by atoms with Crippen LogP contribution in [-0.2, 0) is 7.05 Å². The fourth-order valence-corrected chi connectivity index (χ4v) is 2.36. The maximum atomic E-state index is 12.4. The van der Waals surface area contributed by atoms with Gasteiger partial charge in [-0.25, -0.2) is 0 Å². The van der Waals surface area contributed by atoms with E-state index in [9.17, 15) is 4.79 Å². The predicted molar refractivity (Wildman–Crippen MR) is 74.0 cm³/mol. The maximum Gasteiger partial charge on any atom is 0.268 e. The zero-order valence-electron chi connectivity index (χ0n) is 11.6. The fourth-order valence-electron chi connectivity index (χ4n) is 2.36. The third-order valence-electron chi connectivity index (χ3n) is 3.52. The zero-order chi connectivity index (χ0) is 14.3. The Morgan fingerprint density at radius 3 is 2.90 bits per heavy atom. The highest BCUT2D eigenvalue weighted by molar-refractivity contribution is 5.94. The third kappa shape index (κ3) is 2.26. The van der Waals surface area contributed by atoms with Crippen molar-refractivity contribution in [3.63, 3.8) is 0 Å². The molecule has 0 bridgehead atoms. The summed E-state index contributed by atoms with van der Waals surface area (Å²) < 4.78 is 3.76. The molecule has 1 unspecified atom stereocenters. The van der Waals surface area contributed by atoms with E-state index in [-0.39, 0.29) is 11.9 Å². The molecule has 7 heteroatoms. The Balaban J connectivity index is 1.78. The first-order valence-corrected chi connectivity index (χ1v) is 6.68. The Morgan fingerprint density at radius 2 is 2.30 bits per heavy atom. The number of hydrogen-bond donors (Lipinski definition) is 2. The molecule has 1 fully saturated rings. The Hall–Kier alpha value is -2.31. The second-order valence-corrected chi connectivity index (χ2v) is 5.29. The van der Waals surface area contributed by atoms with Gasteiger partial charge in [0.1, 0.15) is 12.0 Å². The van der Waals surface area contributed by atoms with Crippen LogP contribution in [0, 0.1) is 0 Å². The van der Waals surface area contributed by atoms with Crippen molar-refractivity contribution in [2.45, 2.75) is 31.8 Å². The lowest BCUT2D eigenvalue weighted by Crippen LogP contribution is -2.30. The number of aryl methyl sites for hydroxylation is 1. The van der Waals surface area contributed by atoms with Gasteiger partial charge in [-0.1, -0.05) is 0 Å². The molecular weight excluding hydrogens is 256 g/mol. The van der Waals surface area contributed by atoms with Crippen LogP contribution in [0.3, 0.4) is 0 Å². The van der Waals surface area contributed by atoms with Crippen molar-refractivity contribution in [3.05, 3.63) is 30.1 Å². The van der Waals surface area contributed by atoms with Gasteiger partial charge in [0, 0.05) is 19.3 Å². The lowest BCUT2D eigenvalue weighted by molar-refractivity contribution is 0.0928. The smallest absolute Gasteiger partial charge is 0.268 e. The van der Waals surface area contributed by atoms with Crippen molar-refractivity contribution in [1.29, 1.82) is 0 Å². The molecule has 1 amide bonds. The topological polar surface area (TPSA) is 90.8 Å².